The summed E-state index contributed by atoms with van der Waals surface area (Å²) in [7, 11) is 3.92. The van der Waals surface area contributed by atoms with Crippen LogP contribution in [0.25, 0.3) is 0 Å². The van der Waals surface area contributed by atoms with Gasteiger partial charge in [0, 0.05) is 16.6 Å². The number of nitrogens with zero attached hydrogens (tertiary/aromatic N) is 1. The van der Waals surface area contributed by atoms with Crippen molar-refractivity contribution < 1.29 is 9.18 Å². The van der Waals surface area contributed by atoms with E-state index in [9.17, 15) is 9.18 Å². The summed E-state index contributed by atoms with van der Waals surface area (Å²) in [5, 5.41) is 2.87. The van der Waals surface area contributed by atoms with E-state index in [1.807, 2.05) is 49.3 Å². The van der Waals surface area contributed by atoms with E-state index in [4.69, 9.17) is 0 Å². The molecule has 2 aromatic rings. The maximum Gasteiger partial charge on any atom is 0.251 e. The molecule has 116 valence electrons. The van der Waals surface area contributed by atoms with Crippen molar-refractivity contribution in [1.29, 1.82) is 0 Å². The first-order valence-electron chi connectivity index (χ1n) is 6.93. The van der Waals surface area contributed by atoms with Crippen molar-refractivity contribution in [1.82, 2.24) is 10.2 Å². The Morgan fingerprint density at radius 3 is 2.50 bits per heavy atom. The van der Waals surface area contributed by atoms with Crippen LogP contribution in [0.15, 0.2) is 53.0 Å². The summed E-state index contributed by atoms with van der Waals surface area (Å²) in [6, 6.07) is 14.2. The molecule has 1 unspecified atom stereocenters. The molecule has 0 aliphatic carbocycles. The van der Waals surface area contributed by atoms with Crippen LogP contribution in [-0.2, 0) is 0 Å². The average Bonchev–Trinajstić information content (AvgIpc) is 2.47. The van der Waals surface area contributed by atoms with E-state index in [2.05, 4.69) is 21.2 Å². The molecule has 5 heteroatoms. The summed E-state index contributed by atoms with van der Waals surface area (Å²) in [6.45, 7) is 0.448. The standard InChI is InChI=1S/C17H18BrFN2O/c1-21(2)16(12-6-4-3-5-7-12)11-20-17(22)13-8-14(18)10-15(19)9-13/h3-10,16H,11H2,1-2H3,(H,20,22). The molecule has 2 rings (SSSR count). The van der Waals surface area contributed by atoms with Gasteiger partial charge in [0.15, 0.2) is 0 Å². The maximum absolute atomic E-state index is 13.4. The van der Waals surface area contributed by atoms with Gasteiger partial charge in [0.05, 0.1) is 6.04 Å². The Kier molecular flexibility index (Phi) is 5.69. The number of hydrogen-bond donors (Lipinski definition) is 1. The van der Waals surface area contributed by atoms with Crippen LogP contribution in [0.4, 0.5) is 4.39 Å². The van der Waals surface area contributed by atoms with Crippen molar-refractivity contribution in [3.63, 3.8) is 0 Å². The van der Waals surface area contributed by atoms with Crippen LogP contribution >= 0.6 is 15.9 Å². The van der Waals surface area contributed by atoms with Gasteiger partial charge in [-0.1, -0.05) is 46.3 Å². The number of carbonyl (C=O) groups is 1. The number of amides is 1. The first-order valence-corrected chi connectivity index (χ1v) is 7.72. The molecular formula is C17H18BrFN2O. The van der Waals surface area contributed by atoms with Crippen LogP contribution < -0.4 is 5.32 Å². The maximum atomic E-state index is 13.4. The van der Waals surface area contributed by atoms with E-state index in [0.29, 0.717) is 16.6 Å². The summed E-state index contributed by atoms with van der Waals surface area (Å²) in [5.41, 5.74) is 1.42. The molecule has 0 radical (unpaired) electrons. The quantitative estimate of drug-likeness (QED) is 0.878. The second kappa shape index (κ2) is 7.51. The summed E-state index contributed by atoms with van der Waals surface area (Å²) in [6.07, 6.45) is 0. The van der Waals surface area contributed by atoms with Crippen molar-refractivity contribution in [2.24, 2.45) is 0 Å². The molecule has 0 spiro atoms. The normalized spacial score (nSPS) is 12.2. The van der Waals surface area contributed by atoms with Crippen molar-refractivity contribution in [3.05, 3.63) is 69.9 Å². The lowest BCUT2D eigenvalue weighted by molar-refractivity contribution is 0.0941. The average molecular weight is 365 g/mol. The lowest BCUT2D eigenvalue weighted by atomic mass is 10.1. The number of hydrogen-bond acceptors (Lipinski definition) is 2. The molecule has 0 bridgehead atoms. The monoisotopic (exact) mass is 364 g/mol. The molecule has 2 aromatic carbocycles. The number of benzene rings is 2. The number of carbonyl (C=O) groups excluding carboxylic acids is 1. The fourth-order valence-electron chi connectivity index (χ4n) is 2.25. The Bertz CT molecular complexity index is 626. The lowest BCUT2D eigenvalue weighted by Gasteiger charge is -2.25. The van der Waals surface area contributed by atoms with E-state index < -0.39 is 5.82 Å². The molecule has 1 N–H and O–H groups in total. The van der Waals surface area contributed by atoms with Gasteiger partial charge >= 0.3 is 0 Å². The summed E-state index contributed by atoms with van der Waals surface area (Å²) in [5.74, 6) is -0.727. The SMILES string of the molecule is CN(C)C(CNC(=O)c1cc(F)cc(Br)c1)c1ccccc1. The number of likely N-dealkylation sites (N-methyl/N-ethyl adjacent to an activating group) is 1. The van der Waals surface area contributed by atoms with Gasteiger partial charge in [-0.25, -0.2) is 4.39 Å². The zero-order valence-electron chi connectivity index (χ0n) is 12.5. The topological polar surface area (TPSA) is 32.3 Å². The highest BCUT2D eigenvalue weighted by Crippen LogP contribution is 2.18. The van der Waals surface area contributed by atoms with Crippen LogP contribution in [-0.4, -0.2) is 31.4 Å². The van der Waals surface area contributed by atoms with E-state index in [-0.39, 0.29) is 11.9 Å². The minimum atomic E-state index is -0.438. The van der Waals surface area contributed by atoms with Crippen LogP contribution in [0, 0.1) is 5.82 Å². The molecule has 0 saturated heterocycles. The highest BCUT2D eigenvalue weighted by molar-refractivity contribution is 9.10. The van der Waals surface area contributed by atoms with E-state index in [1.165, 1.54) is 12.1 Å². The molecule has 0 aliphatic rings. The van der Waals surface area contributed by atoms with E-state index >= 15 is 0 Å². The Labute approximate surface area is 138 Å². The molecule has 0 aliphatic heterocycles. The van der Waals surface area contributed by atoms with Crippen LogP contribution in [0.2, 0.25) is 0 Å². The third-order valence-corrected chi connectivity index (χ3v) is 3.85. The van der Waals surface area contributed by atoms with Gasteiger partial charge in [0.1, 0.15) is 5.82 Å². The van der Waals surface area contributed by atoms with Crippen LogP contribution in [0.1, 0.15) is 22.0 Å². The zero-order chi connectivity index (χ0) is 16.1. The van der Waals surface area contributed by atoms with Gasteiger partial charge in [-0.2, -0.15) is 0 Å². The minimum Gasteiger partial charge on any atom is -0.350 e. The summed E-state index contributed by atoms with van der Waals surface area (Å²) in [4.78, 5) is 14.2. The highest BCUT2D eigenvalue weighted by atomic mass is 79.9. The largest absolute Gasteiger partial charge is 0.350 e. The first-order chi connectivity index (χ1) is 10.5. The van der Waals surface area contributed by atoms with E-state index in [1.54, 1.807) is 6.07 Å². The minimum absolute atomic E-state index is 0.0575. The second-order valence-electron chi connectivity index (χ2n) is 5.26. The van der Waals surface area contributed by atoms with Crippen molar-refractivity contribution >= 4 is 21.8 Å². The molecule has 22 heavy (non-hydrogen) atoms. The second-order valence-corrected chi connectivity index (χ2v) is 6.17. The predicted octanol–water partition coefficient (Wildman–Crippen LogP) is 3.62. The number of nitrogens with one attached hydrogen (secondary N) is 1. The number of halogens is 2. The third-order valence-electron chi connectivity index (χ3n) is 3.39. The molecular weight excluding hydrogens is 347 g/mol. The van der Waals surface area contributed by atoms with Crippen LogP contribution in [0.5, 0.6) is 0 Å². The number of rotatable bonds is 5. The van der Waals surface area contributed by atoms with Crippen molar-refractivity contribution in [2.75, 3.05) is 20.6 Å². The van der Waals surface area contributed by atoms with Gasteiger partial charge in [-0.05, 0) is 37.9 Å². The molecule has 0 heterocycles. The van der Waals surface area contributed by atoms with Crippen LogP contribution in [0.3, 0.4) is 0 Å². The summed E-state index contributed by atoms with van der Waals surface area (Å²) < 4.78 is 13.9. The lowest BCUT2D eigenvalue weighted by Crippen LogP contribution is -2.34. The Morgan fingerprint density at radius 1 is 1.23 bits per heavy atom. The molecule has 0 saturated carbocycles. The van der Waals surface area contributed by atoms with E-state index in [0.717, 1.165) is 5.56 Å². The van der Waals surface area contributed by atoms with Gasteiger partial charge < -0.3 is 10.2 Å². The summed E-state index contributed by atoms with van der Waals surface area (Å²) >= 11 is 3.19. The van der Waals surface area contributed by atoms with Gasteiger partial charge in [0.2, 0.25) is 0 Å². The molecule has 1 amide bonds. The highest BCUT2D eigenvalue weighted by Gasteiger charge is 2.16. The van der Waals surface area contributed by atoms with Crippen molar-refractivity contribution in [3.8, 4) is 0 Å². The Hall–Kier alpha value is -1.72. The predicted molar refractivity (Wildman–Crippen MR) is 89.3 cm³/mol. The molecule has 3 nitrogen and oxygen atoms in total. The first kappa shape index (κ1) is 16.6. The fourth-order valence-corrected chi connectivity index (χ4v) is 2.72. The van der Waals surface area contributed by atoms with Gasteiger partial charge in [0.25, 0.3) is 5.91 Å². The molecule has 1 atom stereocenters. The Balaban J connectivity index is 2.08. The molecule has 0 fully saturated rings. The fraction of sp³-hybridized carbons (Fsp3) is 0.235. The zero-order valence-corrected chi connectivity index (χ0v) is 14.1. The molecule has 0 aromatic heterocycles. The smallest absolute Gasteiger partial charge is 0.251 e. The van der Waals surface area contributed by atoms with Gasteiger partial charge in [-0.15, -0.1) is 0 Å². The third kappa shape index (κ3) is 4.39. The Morgan fingerprint density at radius 2 is 1.91 bits per heavy atom. The van der Waals surface area contributed by atoms with Gasteiger partial charge in [-0.3, -0.25) is 4.79 Å². The van der Waals surface area contributed by atoms with Crippen molar-refractivity contribution in [2.45, 2.75) is 6.04 Å².